The second-order valence-corrected chi connectivity index (χ2v) is 5.46. The van der Waals surface area contributed by atoms with Gasteiger partial charge in [-0.3, -0.25) is 9.89 Å². The number of para-hydroxylation sites is 2. The fraction of sp³-hybridized carbons (Fsp3) is 0.286. The Labute approximate surface area is 124 Å². The number of carbonyl (C=O) groups excluding carboxylic acids is 1. The lowest BCUT2D eigenvalue weighted by Crippen LogP contribution is -2.14. The highest BCUT2D eigenvalue weighted by Crippen LogP contribution is 2.21. The molecule has 20 heavy (non-hydrogen) atoms. The number of hydrogen-bond donors (Lipinski definition) is 3. The minimum absolute atomic E-state index is 0. The van der Waals surface area contributed by atoms with E-state index in [2.05, 4.69) is 36.3 Å². The van der Waals surface area contributed by atoms with Gasteiger partial charge in [0.1, 0.15) is 0 Å². The predicted octanol–water partition coefficient (Wildman–Crippen LogP) is 2.96. The van der Waals surface area contributed by atoms with Gasteiger partial charge in [0.15, 0.2) is 5.69 Å². The zero-order valence-corrected chi connectivity index (χ0v) is 12.5. The Morgan fingerprint density at radius 3 is 2.50 bits per heavy atom. The average molecular weight is 295 g/mol. The van der Waals surface area contributed by atoms with Crippen LogP contribution < -0.4 is 11.1 Å². The summed E-state index contributed by atoms with van der Waals surface area (Å²) < 4.78 is 0. The van der Waals surface area contributed by atoms with Crippen LogP contribution in [0, 0.1) is 0 Å². The zero-order chi connectivity index (χ0) is 14.0. The zero-order valence-electron chi connectivity index (χ0n) is 11.7. The molecule has 1 aromatic heterocycles. The molecule has 5 nitrogen and oxygen atoms in total. The van der Waals surface area contributed by atoms with Crippen LogP contribution in [0.5, 0.6) is 0 Å². The molecule has 1 aromatic carbocycles. The third-order valence-corrected chi connectivity index (χ3v) is 2.83. The summed E-state index contributed by atoms with van der Waals surface area (Å²) in [7, 11) is 0. The molecule has 0 spiro atoms. The molecule has 4 N–H and O–H groups in total. The fourth-order valence-corrected chi connectivity index (χ4v) is 1.62. The van der Waals surface area contributed by atoms with Crippen molar-refractivity contribution in [2.45, 2.75) is 26.2 Å². The Morgan fingerprint density at radius 2 is 1.95 bits per heavy atom. The van der Waals surface area contributed by atoms with E-state index in [9.17, 15) is 4.79 Å². The molecule has 0 saturated heterocycles. The monoisotopic (exact) mass is 294 g/mol. The van der Waals surface area contributed by atoms with Crippen molar-refractivity contribution >= 4 is 29.7 Å². The second kappa shape index (κ2) is 5.96. The summed E-state index contributed by atoms with van der Waals surface area (Å²) in [5, 5.41) is 9.66. The number of aromatic amines is 1. The molecule has 0 radical (unpaired) electrons. The molecule has 0 aliphatic rings. The van der Waals surface area contributed by atoms with Crippen molar-refractivity contribution in [2.75, 3.05) is 11.1 Å². The number of nitrogens with two attached hydrogens (primary N) is 1. The number of nitrogen functional groups attached to an aromatic ring is 1. The molecular formula is C14H19ClN4O. The van der Waals surface area contributed by atoms with Gasteiger partial charge in [0.05, 0.1) is 11.4 Å². The van der Waals surface area contributed by atoms with E-state index in [1.807, 2.05) is 12.1 Å². The molecule has 0 unspecified atom stereocenters. The molecule has 0 aliphatic carbocycles. The fourth-order valence-electron chi connectivity index (χ4n) is 1.62. The van der Waals surface area contributed by atoms with Crippen molar-refractivity contribution < 1.29 is 4.79 Å². The topological polar surface area (TPSA) is 83.8 Å². The van der Waals surface area contributed by atoms with E-state index in [0.717, 1.165) is 5.69 Å². The van der Waals surface area contributed by atoms with Gasteiger partial charge in [-0.25, -0.2) is 0 Å². The van der Waals surface area contributed by atoms with E-state index in [0.29, 0.717) is 17.1 Å². The van der Waals surface area contributed by atoms with Crippen LogP contribution >= 0.6 is 12.4 Å². The molecule has 2 rings (SSSR count). The molecule has 0 bridgehead atoms. The van der Waals surface area contributed by atoms with Crippen LogP contribution in [0.15, 0.2) is 30.3 Å². The minimum atomic E-state index is -0.273. The number of hydrogen-bond acceptors (Lipinski definition) is 3. The number of benzene rings is 1. The molecule has 0 fully saturated rings. The van der Waals surface area contributed by atoms with Gasteiger partial charge < -0.3 is 11.1 Å². The first-order chi connectivity index (χ1) is 8.88. The Morgan fingerprint density at radius 1 is 1.30 bits per heavy atom. The van der Waals surface area contributed by atoms with Crippen LogP contribution in [0.4, 0.5) is 11.4 Å². The predicted molar refractivity (Wildman–Crippen MR) is 83.3 cm³/mol. The van der Waals surface area contributed by atoms with Gasteiger partial charge in [-0.1, -0.05) is 32.9 Å². The maximum absolute atomic E-state index is 12.1. The SMILES string of the molecule is CC(C)(C)c1cc(C(=O)Nc2ccccc2N)n[nH]1.Cl. The average Bonchev–Trinajstić information content (AvgIpc) is 2.81. The number of nitrogens with one attached hydrogen (secondary N) is 2. The van der Waals surface area contributed by atoms with E-state index in [1.165, 1.54) is 0 Å². The third kappa shape index (κ3) is 3.51. The van der Waals surface area contributed by atoms with Crippen molar-refractivity contribution in [1.29, 1.82) is 0 Å². The first-order valence-corrected chi connectivity index (χ1v) is 6.09. The molecule has 0 aliphatic heterocycles. The van der Waals surface area contributed by atoms with Crippen molar-refractivity contribution in [3.8, 4) is 0 Å². The Hall–Kier alpha value is -2.01. The van der Waals surface area contributed by atoms with Crippen molar-refractivity contribution in [2.24, 2.45) is 0 Å². The smallest absolute Gasteiger partial charge is 0.276 e. The highest BCUT2D eigenvalue weighted by Gasteiger charge is 2.19. The van der Waals surface area contributed by atoms with Crippen LogP contribution in [0.2, 0.25) is 0 Å². The van der Waals surface area contributed by atoms with Crippen molar-refractivity contribution in [1.82, 2.24) is 10.2 Å². The van der Waals surface area contributed by atoms with Crippen LogP contribution in [0.1, 0.15) is 37.0 Å². The number of aromatic nitrogens is 2. The Balaban J connectivity index is 0.00000200. The van der Waals surface area contributed by atoms with Crippen LogP contribution in [0.25, 0.3) is 0 Å². The third-order valence-electron chi connectivity index (χ3n) is 2.83. The maximum atomic E-state index is 12.1. The molecule has 0 atom stereocenters. The summed E-state index contributed by atoms with van der Waals surface area (Å²) in [6.45, 7) is 6.16. The summed E-state index contributed by atoms with van der Waals surface area (Å²) in [6, 6.07) is 8.88. The highest BCUT2D eigenvalue weighted by molar-refractivity contribution is 6.04. The van der Waals surface area contributed by atoms with Gasteiger partial charge in [0, 0.05) is 11.1 Å². The summed E-state index contributed by atoms with van der Waals surface area (Å²) in [6.07, 6.45) is 0. The van der Waals surface area contributed by atoms with Gasteiger partial charge >= 0.3 is 0 Å². The first-order valence-electron chi connectivity index (χ1n) is 6.09. The summed E-state index contributed by atoms with van der Waals surface area (Å²) in [4.78, 5) is 12.1. The summed E-state index contributed by atoms with van der Waals surface area (Å²) in [5.41, 5.74) is 8.10. The van der Waals surface area contributed by atoms with E-state index < -0.39 is 0 Å². The summed E-state index contributed by atoms with van der Waals surface area (Å²) in [5.74, 6) is -0.273. The van der Waals surface area contributed by atoms with Crippen molar-refractivity contribution in [3.63, 3.8) is 0 Å². The molecule has 1 amide bonds. The number of halogens is 1. The standard InChI is InChI=1S/C14H18N4O.ClH/c1-14(2,3)12-8-11(17-18-12)13(19)16-10-7-5-4-6-9(10)15;/h4-8H,15H2,1-3H3,(H,16,19)(H,17,18);1H. The number of carbonyl (C=O) groups is 1. The molecule has 0 saturated carbocycles. The van der Waals surface area contributed by atoms with Gasteiger partial charge in [0.25, 0.3) is 5.91 Å². The molecular weight excluding hydrogens is 276 g/mol. The van der Waals surface area contributed by atoms with E-state index in [-0.39, 0.29) is 23.7 Å². The van der Waals surface area contributed by atoms with Crippen LogP contribution in [-0.4, -0.2) is 16.1 Å². The van der Waals surface area contributed by atoms with E-state index >= 15 is 0 Å². The minimum Gasteiger partial charge on any atom is -0.397 e. The molecule has 1 heterocycles. The van der Waals surface area contributed by atoms with Gasteiger partial charge in [-0.15, -0.1) is 12.4 Å². The largest absolute Gasteiger partial charge is 0.397 e. The van der Waals surface area contributed by atoms with Gasteiger partial charge in [-0.05, 0) is 18.2 Å². The Bertz CT molecular complexity index is 601. The lowest BCUT2D eigenvalue weighted by molar-refractivity contribution is 0.102. The van der Waals surface area contributed by atoms with Crippen molar-refractivity contribution in [3.05, 3.63) is 41.7 Å². The van der Waals surface area contributed by atoms with Crippen LogP contribution in [-0.2, 0) is 5.41 Å². The van der Waals surface area contributed by atoms with Crippen LogP contribution in [0.3, 0.4) is 0 Å². The lowest BCUT2D eigenvalue weighted by Gasteiger charge is -2.14. The first kappa shape index (κ1) is 16.0. The normalized spacial score (nSPS) is 10.8. The number of H-pyrrole nitrogens is 1. The quantitative estimate of drug-likeness (QED) is 0.745. The van der Waals surface area contributed by atoms with Gasteiger partial charge in [0.2, 0.25) is 0 Å². The highest BCUT2D eigenvalue weighted by atomic mass is 35.5. The number of rotatable bonds is 2. The Kier molecular flexibility index (Phi) is 4.78. The maximum Gasteiger partial charge on any atom is 0.276 e. The molecule has 2 aromatic rings. The number of nitrogens with zero attached hydrogens (tertiary/aromatic N) is 1. The summed E-state index contributed by atoms with van der Waals surface area (Å²) >= 11 is 0. The van der Waals surface area contributed by atoms with E-state index in [4.69, 9.17) is 5.73 Å². The number of amides is 1. The number of anilines is 2. The second-order valence-electron chi connectivity index (χ2n) is 5.46. The molecule has 6 heteroatoms. The van der Waals surface area contributed by atoms with Gasteiger partial charge in [-0.2, -0.15) is 5.10 Å². The molecule has 108 valence electrons. The van der Waals surface area contributed by atoms with E-state index in [1.54, 1.807) is 18.2 Å². The lowest BCUT2D eigenvalue weighted by atomic mass is 9.92.